The molecule has 0 fully saturated rings. The number of nitrogens with zero attached hydrogens (tertiary/aromatic N) is 2. The number of primary sulfonamides is 1. The van der Waals surface area contributed by atoms with Crippen molar-refractivity contribution in [2.45, 2.75) is 17.7 Å². The monoisotopic (exact) mass is 383 g/mol. The zero-order valence-corrected chi connectivity index (χ0v) is 14.1. The third-order valence-corrected chi connectivity index (χ3v) is 4.49. The molecule has 0 atom stereocenters. The molecule has 1 aromatic heterocycles. The maximum atomic E-state index is 14.1. The van der Waals surface area contributed by atoms with Gasteiger partial charge in [0.05, 0.1) is 10.5 Å². The fraction of sp³-hybridized carbons (Fsp3) is 0.125. The molecule has 0 amide bonds. The van der Waals surface area contributed by atoms with Gasteiger partial charge >= 0.3 is 0 Å². The second kappa shape index (κ2) is 6.22. The van der Waals surface area contributed by atoms with Crippen molar-refractivity contribution in [2.24, 2.45) is 5.14 Å². The molecule has 26 heavy (non-hydrogen) atoms. The van der Waals surface area contributed by atoms with E-state index in [0.717, 1.165) is 25.1 Å². The van der Waals surface area contributed by atoms with Crippen LogP contribution >= 0.6 is 0 Å². The van der Waals surface area contributed by atoms with Crippen molar-refractivity contribution in [3.63, 3.8) is 0 Å². The topological polar surface area (TPSA) is 99.1 Å². The number of aromatic nitrogens is 2. The molecule has 6 nitrogen and oxygen atoms in total. The predicted molar refractivity (Wildman–Crippen MR) is 86.1 cm³/mol. The highest BCUT2D eigenvalue weighted by Crippen LogP contribution is 2.30. The van der Waals surface area contributed by atoms with Crippen LogP contribution in [0.3, 0.4) is 0 Å². The Balaban J connectivity index is 1.93. The van der Waals surface area contributed by atoms with Crippen molar-refractivity contribution in [1.82, 2.24) is 10.1 Å². The SMILES string of the molecule is CC(F)(F)c1ccc(-c2noc(-c3ccc(S(N)(=O)=O)cc3F)n2)cc1. The summed E-state index contributed by atoms with van der Waals surface area (Å²) in [7, 11) is -4.05. The average molecular weight is 383 g/mol. The van der Waals surface area contributed by atoms with Crippen LogP contribution in [-0.4, -0.2) is 18.6 Å². The minimum absolute atomic E-state index is 0.0703. The lowest BCUT2D eigenvalue weighted by atomic mass is 10.1. The van der Waals surface area contributed by atoms with Crippen LogP contribution in [0.2, 0.25) is 0 Å². The van der Waals surface area contributed by atoms with Crippen LogP contribution in [0.25, 0.3) is 22.8 Å². The van der Waals surface area contributed by atoms with E-state index in [9.17, 15) is 21.6 Å². The third-order valence-electron chi connectivity index (χ3n) is 3.58. The summed E-state index contributed by atoms with van der Waals surface area (Å²) in [6.45, 7) is 0.780. The van der Waals surface area contributed by atoms with E-state index >= 15 is 0 Å². The molecule has 0 aliphatic carbocycles. The van der Waals surface area contributed by atoms with Crippen LogP contribution in [0.5, 0.6) is 0 Å². The number of benzene rings is 2. The summed E-state index contributed by atoms with van der Waals surface area (Å²) in [6.07, 6.45) is 0. The van der Waals surface area contributed by atoms with Crippen LogP contribution in [0.15, 0.2) is 51.9 Å². The Hall–Kier alpha value is -2.72. The van der Waals surface area contributed by atoms with Gasteiger partial charge in [0.25, 0.3) is 11.8 Å². The first-order valence-electron chi connectivity index (χ1n) is 7.21. The highest BCUT2D eigenvalue weighted by Gasteiger charge is 2.24. The molecule has 0 saturated carbocycles. The molecule has 0 spiro atoms. The minimum atomic E-state index is -4.05. The first kappa shape index (κ1) is 18.1. The maximum Gasteiger partial charge on any atom is 0.270 e. The summed E-state index contributed by atoms with van der Waals surface area (Å²) in [4.78, 5) is 3.62. The largest absolute Gasteiger partial charge is 0.334 e. The molecule has 0 radical (unpaired) electrons. The number of halogens is 3. The summed E-state index contributed by atoms with van der Waals surface area (Å²) in [5.41, 5.74) is 0.108. The molecule has 0 aliphatic heterocycles. The average Bonchev–Trinajstić information content (AvgIpc) is 3.03. The van der Waals surface area contributed by atoms with Crippen LogP contribution in [0, 0.1) is 5.82 Å². The Morgan fingerprint density at radius 2 is 1.77 bits per heavy atom. The Morgan fingerprint density at radius 3 is 2.31 bits per heavy atom. The van der Waals surface area contributed by atoms with Crippen molar-refractivity contribution in [3.05, 3.63) is 53.8 Å². The molecule has 0 aliphatic rings. The van der Waals surface area contributed by atoms with Gasteiger partial charge in [-0.3, -0.25) is 0 Å². The maximum absolute atomic E-state index is 14.1. The molecule has 2 aromatic carbocycles. The van der Waals surface area contributed by atoms with Gasteiger partial charge in [-0.15, -0.1) is 0 Å². The zero-order valence-electron chi connectivity index (χ0n) is 13.3. The Bertz CT molecular complexity index is 1060. The van der Waals surface area contributed by atoms with Crippen molar-refractivity contribution in [3.8, 4) is 22.8 Å². The predicted octanol–water partition coefficient (Wildman–Crippen LogP) is 3.30. The van der Waals surface area contributed by atoms with E-state index in [4.69, 9.17) is 9.66 Å². The first-order chi connectivity index (χ1) is 12.1. The van der Waals surface area contributed by atoms with Gasteiger partial charge in [0.1, 0.15) is 5.82 Å². The highest BCUT2D eigenvalue weighted by molar-refractivity contribution is 7.89. The van der Waals surface area contributed by atoms with Gasteiger partial charge in [-0.1, -0.05) is 29.4 Å². The van der Waals surface area contributed by atoms with Crippen LogP contribution in [0.4, 0.5) is 13.2 Å². The fourth-order valence-electron chi connectivity index (χ4n) is 2.21. The van der Waals surface area contributed by atoms with E-state index < -0.39 is 26.7 Å². The standard InChI is InChI=1S/C16H12F3N3O3S/c1-16(18,19)10-4-2-9(3-5-10)14-21-15(25-22-14)12-7-6-11(8-13(12)17)26(20,23)24/h2-8H,1H3,(H2,20,23,24). The van der Waals surface area contributed by atoms with Gasteiger partial charge in [-0.2, -0.15) is 4.98 Å². The smallest absolute Gasteiger partial charge is 0.270 e. The molecule has 2 N–H and O–H groups in total. The van der Waals surface area contributed by atoms with Gasteiger partial charge < -0.3 is 4.52 Å². The van der Waals surface area contributed by atoms with Gasteiger partial charge in [-0.25, -0.2) is 26.7 Å². The third kappa shape index (κ3) is 3.60. The van der Waals surface area contributed by atoms with Crippen molar-refractivity contribution >= 4 is 10.0 Å². The summed E-state index contributed by atoms with van der Waals surface area (Å²) in [6, 6.07) is 8.23. The van der Waals surface area contributed by atoms with Crippen molar-refractivity contribution < 1.29 is 26.1 Å². The Kier molecular flexibility index (Phi) is 4.32. The highest BCUT2D eigenvalue weighted by atomic mass is 32.2. The molecule has 136 valence electrons. The van der Waals surface area contributed by atoms with Gasteiger partial charge in [0, 0.05) is 18.1 Å². The molecular weight excluding hydrogens is 371 g/mol. The number of hydrogen-bond acceptors (Lipinski definition) is 5. The van der Waals surface area contributed by atoms with Gasteiger partial charge in [-0.05, 0) is 18.2 Å². The van der Waals surface area contributed by atoms with E-state index in [1.54, 1.807) is 0 Å². The van der Waals surface area contributed by atoms with E-state index in [0.29, 0.717) is 5.56 Å². The summed E-state index contributed by atoms with van der Waals surface area (Å²) in [5, 5.41) is 8.62. The van der Waals surface area contributed by atoms with Gasteiger partial charge in [0.2, 0.25) is 15.8 Å². The number of sulfonamides is 1. The lowest BCUT2D eigenvalue weighted by Crippen LogP contribution is -2.12. The van der Waals surface area contributed by atoms with Crippen LogP contribution in [0.1, 0.15) is 12.5 Å². The van der Waals surface area contributed by atoms with E-state index in [1.807, 2.05) is 0 Å². The van der Waals surface area contributed by atoms with E-state index in [-0.39, 0.29) is 22.8 Å². The summed E-state index contributed by atoms with van der Waals surface area (Å²) < 4.78 is 68.0. The summed E-state index contributed by atoms with van der Waals surface area (Å²) >= 11 is 0. The van der Waals surface area contributed by atoms with Crippen molar-refractivity contribution in [1.29, 1.82) is 0 Å². The number of nitrogens with two attached hydrogens (primary N) is 1. The zero-order chi connectivity index (χ0) is 19.1. The molecular formula is C16H12F3N3O3S. The molecule has 3 aromatic rings. The quantitative estimate of drug-likeness (QED) is 0.745. The summed E-state index contributed by atoms with van der Waals surface area (Å²) in [5.74, 6) is -4.01. The fourth-order valence-corrected chi connectivity index (χ4v) is 2.73. The second-order valence-electron chi connectivity index (χ2n) is 5.58. The van der Waals surface area contributed by atoms with E-state index in [1.165, 1.54) is 24.3 Å². The second-order valence-corrected chi connectivity index (χ2v) is 7.14. The molecule has 3 rings (SSSR count). The Labute approximate surface area is 146 Å². The van der Waals surface area contributed by atoms with Crippen LogP contribution < -0.4 is 5.14 Å². The number of rotatable bonds is 4. The van der Waals surface area contributed by atoms with Crippen molar-refractivity contribution in [2.75, 3.05) is 0 Å². The van der Waals surface area contributed by atoms with Crippen LogP contribution in [-0.2, 0) is 15.9 Å². The Morgan fingerprint density at radius 1 is 1.12 bits per heavy atom. The molecule has 1 heterocycles. The molecule has 0 bridgehead atoms. The number of hydrogen-bond donors (Lipinski definition) is 1. The lowest BCUT2D eigenvalue weighted by Gasteiger charge is -2.09. The van der Waals surface area contributed by atoms with E-state index in [2.05, 4.69) is 10.1 Å². The first-order valence-corrected chi connectivity index (χ1v) is 8.75. The lowest BCUT2D eigenvalue weighted by molar-refractivity contribution is 0.0175. The minimum Gasteiger partial charge on any atom is -0.334 e. The normalized spacial score (nSPS) is 12.3. The van der Waals surface area contributed by atoms with Gasteiger partial charge in [0.15, 0.2) is 0 Å². The number of alkyl halides is 2. The molecule has 0 saturated heterocycles. The molecule has 10 heteroatoms. The molecule has 0 unspecified atom stereocenters.